The van der Waals surface area contributed by atoms with Gasteiger partial charge in [-0.15, -0.1) is 24.0 Å². The van der Waals surface area contributed by atoms with Crippen molar-refractivity contribution >= 4 is 52.9 Å². The molecule has 0 atom stereocenters. The maximum absolute atomic E-state index is 12.3. The van der Waals surface area contributed by atoms with E-state index in [-0.39, 0.29) is 35.8 Å². The summed E-state index contributed by atoms with van der Waals surface area (Å²) in [7, 11) is 1.77. The Morgan fingerprint density at radius 3 is 2.56 bits per heavy atom. The van der Waals surface area contributed by atoms with Crippen LogP contribution in [-0.4, -0.2) is 18.9 Å². The van der Waals surface area contributed by atoms with Gasteiger partial charge in [0, 0.05) is 31.7 Å². The predicted octanol–water partition coefficient (Wildman–Crippen LogP) is 4.36. The minimum absolute atomic E-state index is 0. The summed E-state index contributed by atoms with van der Waals surface area (Å²) in [6.07, 6.45) is 4.36. The van der Waals surface area contributed by atoms with Crippen molar-refractivity contribution in [3.8, 4) is 0 Å². The molecular weight excluding hydrogens is 471 g/mol. The molecule has 3 N–H and O–H groups in total. The predicted molar refractivity (Wildman–Crippen MR) is 124 cm³/mol. The fourth-order valence-corrected chi connectivity index (χ4v) is 3.85. The highest BCUT2D eigenvalue weighted by molar-refractivity contribution is 14.0. The van der Waals surface area contributed by atoms with Crippen molar-refractivity contribution in [3.05, 3.63) is 52.2 Å². The van der Waals surface area contributed by atoms with Gasteiger partial charge in [0.1, 0.15) is 0 Å². The lowest BCUT2D eigenvalue weighted by Crippen LogP contribution is -2.36. The van der Waals surface area contributed by atoms with Crippen LogP contribution in [0.2, 0.25) is 0 Å². The molecule has 2 aromatic rings. The first kappa shape index (κ1) is 21.7. The number of hydrogen-bond acceptors (Lipinski definition) is 3. The van der Waals surface area contributed by atoms with Gasteiger partial charge in [0.25, 0.3) is 0 Å². The molecule has 146 valence electrons. The molecule has 1 saturated carbocycles. The van der Waals surface area contributed by atoms with Crippen LogP contribution in [0.3, 0.4) is 0 Å². The number of carbonyl (C=O) groups excluding carboxylic acids is 1. The summed E-state index contributed by atoms with van der Waals surface area (Å²) in [5, 5.41) is 13.9. The molecule has 1 aliphatic rings. The first-order valence-electron chi connectivity index (χ1n) is 9.10. The maximum Gasteiger partial charge on any atom is 0.227 e. The van der Waals surface area contributed by atoms with E-state index in [1.165, 1.54) is 18.4 Å². The minimum atomic E-state index is 0. The Labute approximate surface area is 182 Å². The zero-order valence-electron chi connectivity index (χ0n) is 15.5. The van der Waals surface area contributed by atoms with E-state index >= 15 is 0 Å². The fraction of sp³-hybridized carbons (Fsp3) is 0.400. The maximum atomic E-state index is 12.3. The standard InChI is InChI=1S/C20H26N4OS.HI/c1-21-20(23-13-16-9-10-26-14-16)22-12-15-5-4-8-18(11-15)24-19(25)17-6-2-3-7-17;/h4-5,8-11,14,17H,2-3,6-7,12-13H2,1H3,(H,24,25)(H2,21,22,23);1H. The van der Waals surface area contributed by atoms with Gasteiger partial charge in [-0.1, -0.05) is 25.0 Å². The largest absolute Gasteiger partial charge is 0.352 e. The lowest BCUT2D eigenvalue weighted by molar-refractivity contribution is -0.119. The van der Waals surface area contributed by atoms with E-state index in [1.54, 1.807) is 18.4 Å². The molecule has 0 bridgehead atoms. The summed E-state index contributed by atoms with van der Waals surface area (Å²) in [6.45, 7) is 1.40. The molecule has 1 heterocycles. The first-order valence-corrected chi connectivity index (χ1v) is 10.0. The summed E-state index contributed by atoms with van der Waals surface area (Å²) in [5.41, 5.74) is 3.21. The Balaban J connectivity index is 0.00000261. The molecule has 0 spiro atoms. The smallest absolute Gasteiger partial charge is 0.227 e. The SMILES string of the molecule is CN=C(NCc1ccsc1)NCc1cccc(NC(=O)C2CCCC2)c1.I. The van der Waals surface area contributed by atoms with E-state index in [1.807, 2.05) is 24.3 Å². The van der Waals surface area contributed by atoms with Gasteiger partial charge in [-0.3, -0.25) is 9.79 Å². The van der Waals surface area contributed by atoms with Crippen LogP contribution >= 0.6 is 35.3 Å². The normalized spacial score (nSPS) is 14.5. The van der Waals surface area contributed by atoms with Crippen molar-refractivity contribution in [1.29, 1.82) is 0 Å². The van der Waals surface area contributed by atoms with Crippen molar-refractivity contribution in [2.45, 2.75) is 38.8 Å². The summed E-state index contributed by atoms with van der Waals surface area (Å²) in [6, 6.07) is 10.1. The van der Waals surface area contributed by atoms with E-state index in [9.17, 15) is 4.79 Å². The Morgan fingerprint density at radius 2 is 1.89 bits per heavy atom. The molecule has 0 saturated heterocycles. The van der Waals surface area contributed by atoms with Gasteiger partial charge in [0.15, 0.2) is 5.96 Å². The average Bonchev–Trinajstić information content (AvgIpc) is 3.36. The summed E-state index contributed by atoms with van der Waals surface area (Å²) >= 11 is 1.69. The third-order valence-electron chi connectivity index (χ3n) is 4.64. The van der Waals surface area contributed by atoms with Crippen molar-refractivity contribution in [1.82, 2.24) is 10.6 Å². The van der Waals surface area contributed by atoms with Crippen molar-refractivity contribution in [2.75, 3.05) is 12.4 Å². The number of carbonyl (C=O) groups is 1. The van der Waals surface area contributed by atoms with E-state index in [2.05, 4.69) is 37.8 Å². The van der Waals surface area contributed by atoms with Gasteiger partial charge in [0.2, 0.25) is 5.91 Å². The summed E-state index contributed by atoms with van der Waals surface area (Å²) < 4.78 is 0. The second-order valence-corrected chi connectivity index (χ2v) is 7.36. The van der Waals surface area contributed by atoms with Crippen molar-refractivity contribution in [2.24, 2.45) is 10.9 Å². The molecule has 27 heavy (non-hydrogen) atoms. The minimum Gasteiger partial charge on any atom is -0.352 e. The molecular formula is C20H27IN4OS. The second kappa shape index (κ2) is 11.3. The zero-order chi connectivity index (χ0) is 18.2. The van der Waals surface area contributed by atoms with Crippen LogP contribution in [0.1, 0.15) is 36.8 Å². The topological polar surface area (TPSA) is 65.5 Å². The number of anilines is 1. The average molecular weight is 498 g/mol. The molecule has 0 aliphatic heterocycles. The van der Waals surface area contributed by atoms with Crippen molar-refractivity contribution in [3.63, 3.8) is 0 Å². The Morgan fingerprint density at radius 1 is 1.15 bits per heavy atom. The number of thiophene rings is 1. The van der Waals surface area contributed by atoms with E-state index in [4.69, 9.17) is 0 Å². The lowest BCUT2D eigenvalue weighted by atomic mass is 10.1. The van der Waals surface area contributed by atoms with Crippen LogP contribution in [-0.2, 0) is 17.9 Å². The van der Waals surface area contributed by atoms with Crippen LogP contribution in [0.5, 0.6) is 0 Å². The number of halogens is 1. The van der Waals surface area contributed by atoms with Gasteiger partial charge in [-0.25, -0.2) is 0 Å². The molecule has 0 radical (unpaired) electrons. The third kappa shape index (κ3) is 6.80. The van der Waals surface area contributed by atoms with Gasteiger partial charge in [0.05, 0.1) is 0 Å². The van der Waals surface area contributed by atoms with Gasteiger partial charge in [-0.05, 0) is 52.9 Å². The fourth-order valence-electron chi connectivity index (χ4n) is 3.18. The van der Waals surface area contributed by atoms with E-state index < -0.39 is 0 Å². The van der Waals surface area contributed by atoms with Crippen molar-refractivity contribution < 1.29 is 4.79 Å². The van der Waals surface area contributed by atoms with Crippen LogP contribution in [0, 0.1) is 5.92 Å². The molecule has 7 heteroatoms. The number of rotatable bonds is 6. The highest BCUT2D eigenvalue weighted by Gasteiger charge is 2.22. The second-order valence-electron chi connectivity index (χ2n) is 6.58. The summed E-state index contributed by atoms with van der Waals surface area (Å²) in [5.74, 6) is 1.09. The molecule has 3 rings (SSSR count). The highest BCUT2D eigenvalue weighted by Crippen LogP contribution is 2.26. The van der Waals surface area contributed by atoms with E-state index in [0.717, 1.165) is 36.6 Å². The number of guanidine groups is 1. The van der Waals surface area contributed by atoms with Crippen LogP contribution < -0.4 is 16.0 Å². The van der Waals surface area contributed by atoms with Gasteiger partial charge in [-0.2, -0.15) is 11.3 Å². The summed E-state index contributed by atoms with van der Waals surface area (Å²) in [4.78, 5) is 16.5. The van der Waals surface area contributed by atoms with Gasteiger partial charge < -0.3 is 16.0 Å². The number of nitrogens with zero attached hydrogens (tertiary/aromatic N) is 1. The number of aliphatic imine (C=N–C) groups is 1. The van der Waals surface area contributed by atoms with Crippen LogP contribution in [0.4, 0.5) is 5.69 Å². The molecule has 1 fully saturated rings. The number of nitrogens with one attached hydrogen (secondary N) is 3. The number of amides is 1. The molecule has 0 unspecified atom stereocenters. The molecule has 1 aromatic carbocycles. The first-order chi connectivity index (χ1) is 12.7. The quantitative estimate of drug-likeness (QED) is 0.315. The Kier molecular flexibility index (Phi) is 9.06. The highest BCUT2D eigenvalue weighted by atomic mass is 127. The van der Waals surface area contributed by atoms with Crippen LogP contribution in [0.25, 0.3) is 0 Å². The lowest BCUT2D eigenvalue weighted by Gasteiger charge is -2.13. The monoisotopic (exact) mass is 498 g/mol. The zero-order valence-corrected chi connectivity index (χ0v) is 18.7. The van der Waals surface area contributed by atoms with Crippen LogP contribution in [0.15, 0.2) is 46.1 Å². The molecule has 1 amide bonds. The van der Waals surface area contributed by atoms with Gasteiger partial charge >= 0.3 is 0 Å². The molecule has 1 aromatic heterocycles. The molecule has 5 nitrogen and oxygen atoms in total. The Hall–Kier alpha value is -1.61. The third-order valence-corrected chi connectivity index (χ3v) is 5.38. The Bertz CT molecular complexity index is 742. The molecule has 1 aliphatic carbocycles. The number of hydrogen-bond donors (Lipinski definition) is 3. The number of benzene rings is 1. The van der Waals surface area contributed by atoms with E-state index in [0.29, 0.717) is 6.54 Å².